The fraction of sp³-hybridized carbons (Fsp3) is 0.400. The van der Waals surface area contributed by atoms with Crippen molar-refractivity contribution in [2.45, 2.75) is 45.6 Å². The van der Waals surface area contributed by atoms with Crippen LogP contribution in [0.4, 0.5) is 10.5 Å². The van der Waals surface area contributed by atoms with Gasteiger partial charge in [0.15, 0.2) is 5.82 Å². The maximum Gasteiger partial charge on any atom is 0.321 e. The van der Waals surface area contributed by atoms with Crippen LogP contribution in [0.25, 0.3) is 11.4 Å². The highest BCUT2D eigenvalue weighted by Gasteiger charge is 2.19. The monoisotopic (exact) mass is 379 g/mol. The number of nitrogens with one attached hydrogen (secondary N) is 3. The summed E-state index contributed by atoms with van der Waals surface area (Å²) in [5.74, 6) is 1.36. The summed E-state index contributed by atoms with van der Waals surface area (Å²) in [5.41, 5.74) is 5.05. The minimum Gasteiger partial charge on any atom is -0.322 e. The molecule has 0 unspecified atom stereocenters. The van der Waals surface area contributed by atoms with Crippen molar-refractivity contribution in [2.75, 3.05) is 12.4 Å². The molecule has 4 rings (SSSR count). The van der Waals surface area contributed by atoms with Gasteiger partial charge in [-0.2, -0.15) is 10.2 Å². The minimum atomic E-state index is -0.173. The van der Waals surface area contributed by atoms with Crippen LogP contribution in [0.1, 0.15) is 42.0 Å². The molecule has 0 radical (unpaired) electrons. The molecule has 0 atom stereocenters. The number of anilines is 1. The van der Waals surface area contributed by atoms with E-state index >= 15 is 0 Å². The standard InChI is InChI=1S/C20H25N7O/c1-13-21-19(26-23-13)14-7-6-8-15(11-14)22-20(28)27(2)12-18-16-9-4-3-5-10-17(16)24-25-18/h6-8,11H,3-5,9-10,12H2,1-2H3,(H,22,28)(H,24,25)(H,21,23,26). The van der Waals surface area contributed by atoms with Gasteiger partial charge in [-0.15, -0.1) is 0 Å². The molecule has 2 amide bonds. The molecule has 0 aliphatic heterocycles. The van der Waals surface area contributed by atoms with E-state index < -0.39 is 0 Å². The average molecular weight is 379 g/mol. The fourth-order valence-electron chi connectivity index (χ4n) is 3.58. The molecule has 1 aliphatic carbocycles. The van der Waals surface area contributed by atoms with Gasteiger partial charge in [0.2, 0.25) is 0 Å². The van der Waals surface area contributed by atoms with Crippen molar-refractivity contribution < 1.29 is 4.79 Å². The van der Waals surface area contributed by atoms with Crippen molar-refractivity contribution in [1.82, 2.24) is 30.3 Å². The Morgan fingerprint density at radius 3 is 2.86 bits per heavy atom. The van der Waals surface area contributed by atoms with Gasteiger partial charge in [0, 0.05) is 24.0 Å². The molecule has 1 aliphatic rings. The van der Waals surface area contributed by atoms with Crippen LogP contribution in [0.3, 0.4) is 0 Å². The van der Waals surface area contributed by atoms with Crippen molar-refractivity contribution in [3.05, 3.63) is 47.0 Å². The number of hydrogen-bond donors (Lipinski definition) is 3. The lowest BCUT2D eigenvalue weighted by Gasteiger charge is -2.18. The lowest BCUT2D eigenvalue weighted by molar-refractivity contribution is 0.220. The van der Waals surface area contributed by atoms with Gasteiger partial charge in [0.1, 0.15) is 5.82 Å². The van der Waals surface area contributed by atoms with Gasteiger partial charge >= 0.3 is 6.03 Å². The first kappa shape index (κ1) is 18.2. The Bertz CT molecular complexity index is 975. The zero-order valence-corrected chi connectivity index (χ0v) is 16.2. The van der Waals surface area contributed by atoms with Crippen LogP contribution in [0.5, 0.6) is 0 Å². The number of aromatic amines is 2. The topological polar surface area (TPSA) is 103 Å². The molecule has 146 valence electrons. The molecule has 8 nitrogen and oxygen atoms in total. The van der Waals surface area contributed by atoms with Crippen molar-refractivity contribution in [3.8, 4) is 11.4 Å². The van der Waals surface area contributed by atoms with Gasteiger partial charge < -0.3 is 10.2 Å². The summed E-state index contributed by atoms with van der Waals surface area (Å²) in [5, 5.41) is 17.6. The van der Waals surface area contributed by atoms with E-state index in [0.717, 1.165) is 29.9 Å². The maximum atomic E-state index is 12.7. The highest BCUT2D eigenvalue weighted by Crippen LogP contribution is 2.23. The largest absolute Gasteiger partial charge is 0.322 e. The molecule has 2 aromatic heterocycles. The van der Waals surface area contributed by atoms with Gasteiger partial charge in [-0.3, -0.25) is 10.2 Å². The second kappa shape index (κ2) is 7.84. The van der Waals surface area contributed by atoms with Gasteiger partial charge in [0.25, 0.3) is 0 Å². The highest BCUT2D eigenvalue weighted by atomic mass is 16.2. The molecule has 0 saturated carbocycles. The third-order valence-corrected chi connectivity index (χ3v) is 5.09. The summed E-state index contributed by atoms with van der Waals surface area (Å²) in [4.78, 5) is 18.7. The van der Waals surface area contributed by atoms with Crippen LogP contribution in [-0.4, -0.2) is 43.4 Å². The molecular weight excluding hydrogens is 354 g/mol. The van der Waals surface area contributed by atoms with Gasteiger partial charge in [0.05, 0.1) is 12.2 Å². The maximum absolute atomic E-state index is 12.7. The molecule has 0 spiro atoms. The van der Waals surface area contributed by atoms with Crippen LogP contribution in [0, 0.1) is 6.92 Å². The van der Waals surface area contributed by atoms with Gasteiger partial charge in [-0.05, 0) is 50.3 Å². The Morgan fingerprint density at radius 2 is 2.04 bits per heavy atom. The number of rotatable bonds is 4. The number of carbonyl (C=O) groups is 1. The van der Waals surface area contributed by atoms with Crippen molar-refractivity contribution in [3.63, 3.8) is 0 Å². The first-order valence-electron chi connectivity index (χ1n) is 9.66. The molecule has 2 heterocycles. The second-order valence-electron chi connectivity index (χ2n) is 7.30. The van der Waals surface area contributed by atoms with E-state index in [2.05, 4.69) is 30.7 Å². The van der Waals surface area contributed by atoms with E-state index in [0.29, 0.717) is 18.1 Å². The molecule has 0 bridgehead atoms. The second-order valence-corrected chi connectivity index (χ2v) is 7.30. The summed E-state index contributed by atoms with van der Waals surface area (Å²) < 4.78 is 0. The molecule has 0 saturated heterocycles. The quantitative estimate of drug-likeness (QED) is 0.604. The van der Waals surface area contributed by atoms with Crippen LogP contribution in [-0.2, 0) is 19.4 Å². The Morgan fingerprint density at radius 1 is 1.18 bits per heavy atom. The first-order chi connectivity index (χ1) is 13.6. The number of aryl methyl sites for hydroxylation is 2. The van der Waals surface area contributed by atoms with Crippen LogP contribution in [0.15, 0.2) is 24.3 Å². The smallest absolute Gasteiger partial charge is 0.321 e. The number of hydrogen-bond acceptors (Lipinski definition) is 4. The predicted octanol–water partition coefficient (Wildman–Crippen LogP) is 3.44. The molecule has 1 aromatic carbocycles. The SMILES string of the molecule is Cc1nc(-c2cccc(NC(=O)N(C)Cc3n[nH]c4c3CCCCC4)c2)n[nH]1. The number of carbonyl (C=O) groups excluding carboxylic acids is 1. The lowest BCUT2D eigenvalue weighted by atomic mass is 10.1. The number of aromatic nitrogens is 5. The van der Waals surface area contributed by atoms with E-state index in [-0.39, 0.29) is 6.03 Å². The van der Waals surface area contributed by atoms with E-state index in [1.54, 1.807) is 11.9 Å². The van der Waals surface area contributed by atoms with E-state index in [1.807, 2.05) is 31.2 Å². The fourth-order valence-corrected chi connectivity index (χ4v) is 3.58. The molecule has 0 fully saturated rings. The van der Waals surface area contributed by atoms with Crippen molar-refractivity contribution >= 4 is 11.7 Å². The van der Waals surface area contributed by atoms with Gasteiger partial charge in [-0.1, -0.05) is 18.6 Å². The number of nitrogens with zero attached hydrogens (tertiary/aromatic N) is 4. The molecule has 8 heteroatoms. The normalized spacial score (nSPS) is 13.6. The number of urea groups is 1. The summed E-state index contributed by atoms with van der Waals surface area (Å²) in [6.45, 7) is 2.34. The van der Waals surface area contributed by atoms with Crippen molar-refractivity contribution in [2.24, 2.45) is 0 Å². The molecular formula is C20H25N7O. The zero-order chi connectivity index (χ0) is 19.5. The van der Waals surface area contributed by atoms with Gasteiger partial charge in [-0.25, -0.2) is 9.78 Å². The Labute approximate surface area is 163 Å². The number of fused-ring (bicyclic) bond motifs is 1. The minimum absolute atomic E-state index is 0.173. The average Bonchev–Trinajstić information content (AvgIpc) is 3.20. The summed E-state index contributed by atoms with van der Waals surface area (Å²) >= 11 is 0. The number of benzene rings is 1. The molecule has 28 heavy (non-hydrogen) atoms. The Balaban J connectivity index is 1.43. The van der Waals surface area contributed by atoms with E-state index in [4.69, 9.17) is 0 Å². The predicted molar refractivity (Wildman–Crippen MR) is 107 cm³/mol. The first-order valence-corrected chi connectivity index (χ1v) is 9.66. The summed E-state index contributed by atoms with van der Waals surface area (Å²) in [7, 11) is 1.79. The van der Waals surface area contributed by atoms with E-state index in [9.17, 15) is 4.79 Å². The van der Waals surface area contributed by atoms with Crippen LogP contribution in [0.2, 0.25) is 0 Å². The highest BCUT2D eigenvalue weighted by molar-refractivity contribution is 5.89. The summed E-state index contributed by atoms with van der Waals surface area (Å²) in [6, 6.07) is 7.35. The Kier molecular flexibility index (Phi) is 5.10. The Hall–Kier alpha value is -3.16. The van der Waals surface area contributed by atoms with Crippen LogP contribution >= 0.6 is 0 Å². The molecule has 3 aromatic rings. The van der Waals surface area contributed by atoms with E-state index in [1.165, 1.54) is 30.5 Å². The van der Waals surface area contributed by atoms with Crippen LogP contribution < -0.4 is 5.32 Å². The van der Waals surface area contributed by atoms with Crippen molar-refractivity contribution in [1.29, 1.82) is 0 Å². The number of amides is 2. The lowest BCUT2D eigenvalue weighted by Crippen LogP contribution is -2.31. The third-order valence-electron chi connectivity index (χ3n) is 5.09. The summed E-state index contributed by atoms with van der Waals surface area (Å²) in [6.07, 6.45) is 5.72. The zero-order valence-electron chi connectivity index (χ0n) is 16.2. The molecule has 3 N–H and O–H groups in total. The number of H-pyrrole nitrogens is 2. The third kappa shape index (κ3) is 3.90.